The van der Waals surface area contributed by atoms with Gasteiger partial charge in [0.25, 0.3) is 5.56 Å². The molecule has 3 heterocycles. The summed E-state index contributed by atoms with van der Waals surface area (Å²) in [5.74, 6) is 0.803. The first-order chi connectivity index (χ1) is 14.2. The second kappa shape index (κ2) is 7.99. The summed E-state index contributed by atoms with van der Waals surface area (Å²) in [6.45, 7) is 2.90. The topological polar surface area (TPSA) is 60.6 Å². The first-order valence-corrected chi connectivity index (χ1v) is 9.80. The van der Waals surface area contributed by atoms with Crippen molar-refractivity contribution in [2.24, 2.45) is 0 Å². The fourth-order valence-electron chi connectivity index (χ4n) is 4.09. The van der Waals surface area contributed by atoms with Crippen LogP contribution in [0.3, 0.4) is 0 Å². The van der Waals surface area contributed by atoms with Crippen LogP contribution in [0, 0.1) is 6.92 Å². The zero-order valence-electron chi connectivity index (χ0n) is 16.9. The molecule has 7 heteroatoms. The van der Waals surface area contributed by atoms with Gasteiger partial charge in [-0.1, -0.05) is 18.2 Å². The molecule has 1 fully saturated rings. The van der Waals surface area contributed by atoms with Crippen molar-refractivity contribution in [1.29, 1.82) is 0 Å². The molecule has 2 aromatic heterocycles. The van der Waals surface area contributed by atoms with E-state index in [1.54, 1.807) is 11.8 Å². The van der Waals surface area contributed by atoms with Gasteiger partial charge in [-0.15, -0.1) is 17.0 Å². The molecule has 1 N–H and O–H groups in total. The molecule has 0 radical (unpaired) electrons. The minimum atomic E-state index is -0.0347. The number of aromatic nitrogens is 3. The lowest BCUT2D eigenvalue weighted by Crippen LogP contribution is -2.32. The summed E-state index contributed by atoms with van der Waals surface area (Å²) in [6, 6.07) is 17.6. The SMILES string of the molecule is Br.COc1ccc(-c2nc3c(=C4CCCN4)c(=O)n(-c4ccccc4)n3c2C)cc1. The van der Waals surface area contributed by atoms with Crippen molar-refractivity contribution in [3.63, 3.8) is 0 Å². The van der Waals surface area contributed by atoms with Gasteiger partial charge in [0, 0.05) is 17.8 Å². The Morgan fingerprint density at radius 2 is 1.80 bits per heavy atom. The van der Waals surface area contributed by atoms with Crippen molar-refractivity contribution in [2.45, 2.75) is 19.8 Å². The number of nitrogens with zero attached hydrogens (tertiary/aromatic N) is 3. The van der Waals surface area contributed by atoms with E-state index in [4.69, 9.17) is 9.72 Å². The summed E-state index contributed by atoms with van der Waals surface area (Å²) >= 11 is 0. The number of imidazole rings is 1. The number of benzene rings is 2. The van der Waals surface area contributed by atoms with Gasteiger partial charge in [-0.05, 0) is 56.2 Å². The molecule has 0 unspecified atom stereocenters. The standard InChI is InChI=1S/C23H22N4O2.BrH/c1-15-21(16-10-12-18(29-2)13-11-16)25-22-20(19-9-6-14-24-19)23(28)27(26(15)22)17-7-4-3-5-8-17;/h3-5,7-8,10-13,24H,6,9,14H2,1-2H3;1H. The zero-order chi connectivity index (χ0) is 20.0. The molecule has 0 bridgehead atoms. The van der Waals surface area contributed by atoms with E-state index in [0.29, 0.717) is 10.9 Å². The van der Waals surface area contributed by atoms with E-state index in [0.717, 1.165) is 53.5 Å². The number of nitrogens with one attached hydrogen (secondary N) is 1. The fourth-order valence-corrected chi connectivity index (χ4v) is 4.09. The summed E-state index contributed by atoms with van der Waals surface area (Å²) in [5, 5.41) is 4.06. The van der Waals surface area contributed by atoms with Gasteiger partial charge in [0.05, 0.1) is 24.2 Å². The minimum Gasteiger partial charge on any atom is -0.497 e. The van der Waals surface area contributed by atoms with Crippen molar-refractivity contribution in [3.05, 3.63) is 75.9 Å². The summed E-state index contributed by atoms with van der Waals surface area (Å²) in [4.78, 5) is 18.4. The van der Waals surface area contributed by atoms with Gasteiger partial charge in [0.1, 0.15) is 11.0 Å². The monoisotopic (exact) mass is 466 g/mol. The zero-order valence-corrected chi connectivity index (χ0v) is 18.6. The third kappa shape index (κ3) is 3.10. The van der Waals surface area contributed by atoms with Gasteiger partial charge in [0.2, 0.25) is 0 Å². The predicted molar refractivity (Wildman–Crippen MR) is 124 cm³/mol. The van der Waals surface area contributed by atoms with Crippen LogP contribution < -0.4 is 20.8 Å². The van der Waals surface area contributed by atoms with E-state index in [1.807, 2.05) is 66.0 Å². The van der Waals surface area contributed by atoms with Crippen molar-refractivity contribution < 1.29 is 4.74 Å². The van der Waals surface area contributed by atoms with Crippen LogP contribution in [0.25, 0.3) is 28.3 Å². The van der Waals surface area contributed by atoms with Crippen molar-refractivity contribution in [2.75, 3.05) is 13.7 Å². The Morgan fingerprint density at radius 1 is 1.07 bits per heavy atom. The first kappa shape index (κ1) is 20.2. The molecular formula is C23H23BrN4O2. The van der Waals surface area contributed by atoms with E-state index < -0.39 is 0 Å². The second-order valence-corrected chi connectivity index (χ2v) is 7.25. The molecule has 6 nitrogen and oxygen atoms in total. The van der Waals surface area contributed by atoms with Crippen molar-refractivity contribution in [1.82, 2.24) is 19.5 Å². The van der Waals surface area contributed by atoms with Crippen LogP contribution in [0.5, 0.6) is 5.75 Å². The molecule has 0 atom stereocenters. The van der Waals surface area contributed by atoms with Gasteiger partial charge in [-0.2, -0.15) is 0 Å². The Labute approximate surface area is 184 Å². The third-order valence-electron chi connectivity index (χ3n) is 5.52. The molecule has 0 spiro atoms. The molecule has 5 rings (SSSR count). The summed E-state index contributed by atoms with van der Waals surface area (Å²) in [7, 11) is 1.65. The van der Waals surface area contributed by atoms with Crippen LogP contribution >= 0.6 is 17.0 Å². The number of aryl methyl sites for hydroxylation is 1. The van der Waals surface area contributed by atoms with E-state index in [-0.39, 0.29) is 22.5 Å². The lowest BCUT2D eigenvalue weighted by Gasteiger charge is -2.06. The molecular weight excluding hydrogens is 444 g/mol. The molecule has 0 amide bonds. The smallest absolute Gasteiger partial charge is 0.283 e. The number of ether oxygens (including phenoxy) is 1. The maximum Gasteiger partial charge on any atom is 0.283 e. The highest BCUT2D eigenvalue weighted by atomic mass is 79.9. The molecule has 4 aromatic rings. The predicted octanol–water partition coefficient (Wildman–Crippen LogP) is 3.26. The first-order valence-electron chi connectivity index (χ1n) is 9.80. The average Bonchev–Trinajstić information content (AvgIpc) is 3.45. The van der Waals surface area contributed by atoms with E-state index in [2.05, 4.69) is 5.32 Å². The molecule has 154 valence electrons. The molecule has 1 aliphatic rings. The summed E-state index contributed by atoms with van der Waals surface area (Å²) in [5.41, 5.74) is 5.27. The normalized spacial score (nSPS) is 15.1. The number of para-hydroxylation sites is 1. The quantitative estimate of drug-likeness (QED) is 0.503. The lowest BCUT2D eigenvalue weighted by atomic mass is 10.1. The number of methoxy groups -OCH3 is 1. The van der Waals surface area contributed by atoms with Crippen LogP contribution in [0.2, 0.25) is 0 Å². The summed E-state index contributed by atoms with van der Waals surface area (Å²) < 4.78 is 8.95. The van der Waals surface area contributed by atoms with Gasteiger partial charge in [0.15, 0.2) is 5.65 Å². The van der Waals surface area contributed by atoms with Gasteiger partial charge in [-0.3, -0.25) is 4.79 Å². The number of hydrogen-bond acceptors (Lipinski definition) is 4. The Kier molecular flexibility index (Phi) is 5.39. The van der Waals surface area contributed by atoms with Gasteiger partial charge >= 0.3 is 0 Å². The average molecular weight is 467 g/mol. The van der Waals surface area contributed by atoms with E-state index >= 15 is 0 Å². The minimum absolute atomic E-state index is 0. The molecule has 0 saturated carbocycles. The van der Waals surface area contributed by atoms with Crippen LogP contribution in [0.4, 0.5) is 0 Å². The van der Waals surface area contributed by atoms with Crippen LogP contribution in [-0.2, 0) is 0 Å². The number of fused-ring (bicyclic) bond motifs is 1. The molecule has 2 aromatic carbocycles. The maximum absolute atomic E-state index is 13.4. The van der Waals surface area contributed by atoms with E-state index in [9.17, 15) is 4.79 Å². The lowest BCUT2D eigenvalue weighted by molar-refractivity contribution is 0.415. The van der Waals surface area contributed by atoms with E-state index in [1.165, 1.54) is 0 Å². The fraction of sp³-hybridized carbons (Fsp3) is 0.217. The Morgan fingerprint density at radius 3 is 2.43 bits per heavy atom. The largest absolute Gasteiger partial charge is 0.497 e. The summed E-state index contributed by atoms with van der Waals surface area (Å²) in [6.07, 6.45) is 1.90. The molecule has 0 aliphatic carbocycles. The Hall–Kier alpha value is -3.06. The number of halogens is 1. The second-order valence-electron chi connectivity index (χ2n) is 7.25. The Balaban J connectivity index is 0.00000218. The van der Waals surface area contributed by atoms with Crippen molar-refractivity contribution in [3.8, 4) is 22.7 Å². The number of rotatable bonds is 3. The molecule has 30 heavy (non-hydrogen) atoms. The number of hydrogen-bond donors (Lipinski definition) is 1. The molecule has 1 saturated heterocycles. The van der Waals surface area contributed by atoms with Gasteiger partial charge < -0.3 is 10.1 Å². The highest BCUT2D eigenvalue weighted by molar-refractivity contribution is 8.93. The highest BCUT2D eigenvalue weighted by Crippen LogP contribution is 2.26. The highest BCUT2D eigenvalue weighted by Gasteiger charge is 2.22. The van der Waals surface area contributed by atoms with Crippen LogP contribution in [0.1, 0.15) is 18.5 Å². The third-order valence-corrected chi connectivity index (χ3v) is 5.52. The maximum atomic E-state index is 13.4. The van der Waals surface area contributed by atoms with Crippen molar-refractivity contribution >= 4 is 28.3 Å². The van der Waals surface area contributed by atoms with Crippen LogP contribution in [-0.4, -0.2) is 27.8 Å². The Bertz CT molecular complexity index is 1300. The van der Waals surface area contributed by atoms with Gasteiger partial charge in [-0.25, -0.2) is 14.2 Å². The van der Waals surface area contributed by atoms with Crippen LogP contribution in [0.15, 0.2) is 59.4 Å². The molecule has 1 aliphatic heterocycles.